The Kier molecular flexibility index (Phi) is 4.49. The molecule has 2 aliphatic rings. The van der Waals surface area contributed by atoms with Crippen LogP contribution >= 0.6 is 0 Å². The van der Waals surface area contributed by atoms with Gasteiger partial charge in [-0.3, -0.25) is 14.5 Å². The van der Waals surface area contributed by atoms with E-state index >= 15 is 0 Å². The number of ketones is 1. The first kappa shape index (κ1) is 17.8. The zero-order valence-corrected chi connectivity index (χ0v) is 16.2. The van der Waals surface area contributed by atoms with E-state index in [4.69, 9.17) is 0 Å². The van der Waals surface area contributed by atoms with E-state index in [0.29, 0.717) is 19.6 Å². The predicted octanol–water partition coefficient (Wildman–Crippen LogP) is 4.04. The van der Waals surface area contributed by atoms with E-state index in [9.17, 15) is 9.59 Å². The molecule has 29 heavy (non-hydrogen) atoms. The summed E-state index contributed by atoms with van der Waals surface area (Å²) < 4.78 is 0. The van der Waals surface area contributed by atoms with Gasteiger partial charge in [0.25, 0.3) is 5.91 Å². The summed E-state index contributed by atoms with van der Waals surface area (Å²) in [6, 6.07) is 24.0. The predicted molar refractivity (Wildman–Crippen MR) is 111 cm³/mol. The summed E-state index contributed by atoms with van der Waals surface area (Å²) in [5, 5.41) is 0. The number of nitrogens with zero attached hydrogens (tertiary/aromatic N) is 2. The second-order valence-electron chi connectivity index (χ2n) is 7.86. The first-order valence-corrected chi connectivity index (χ1v) is 9.96. The normalized spacial score (nSPS) is 16.1. The fraction of sp³-hybridized carbons (Fsp3) is 0.200. The van der Waals surface area contributed by atoms with Crippen LogP contribution in [0.25, 0.3) is 0 Å². The highest BCUT2D eigenvalue weighted by molar-refractivity contribution is 6.00. The number of carbonyl (C=O) groups is 2. The molecule has 2 heterocycles. The molecule has 2 aliphatic heterocycles. The highest BCUT2D eigenvalue weighted by atomic mass is 16.2. The van der Waals surface area contributed by atoms with Gasteiger partial charge in [-0.25, -0.2) is 0 Å². The topological polar surface area (TPSA) is 40.6 Å². The summed E-state index contributed by atoms with van der Waals surface area (Å²) in [5.41, 5.74) is 6.14. The summed E-state index contributed by atoms with van der Waals surface area (Å²) in [7, 11) is 0. The molecule has 0 N–H and O–H groups in total. The Bertz CT molecular complexity index is 1110. The van der Waals surface area contributed by atoms with Gasteiger partial charge in [0.15, 0.2) is 5.78 Å². The minimum absolute atomic E-state index is 0.101. The molecule has 3 aromatic carbocycles. The van der Waals surface area contributed by atoms with Gasteiger partial charge in [-0.1, -0.05) is 66.7 Å². The first-order valence-electron chi connectivity index (χ1n) is 9.96. The lowest BCUT2D eigenvalue weighted by Crippen LogP contribution is -2.34. The maximum absolute atomic E-state index is 12.6. The molecule has 0 atom stereocenters. The molecule has 3 aromatic rings. The quantitative estimate of drug-likeness (QED) is 0.684. The van der Waals surface area contributed by atoms with Gasteiger partial charge in [-0.15, -0.1) is 0 Å². The maximum Gasteiger partial charge on any atom is 0.254 e. The van der Waals surface area contributed by atoms with E-state index < -0.39 is 0 Å². The average molecular weight is 382 g/mol. The number of hydrogen-bond acceptors (Lipinski definition) is 3. The summed E-state index contributed by atoms with van der Waals surface area (Å²) in [6.45, 7) is 3.22. The van der Waals surface area contributed by atoms with Crippen LogP contribution in [0.1, 0.15) is 43.0 Å². The van der Waals surface area contributed by atoms with Crippen LogP contribution in [0.15, 0.2) is 72.8 Å². The molecule has 144 valence electrons. The van der Waals surface area contributed by atoms with Crippen LogP contribution < -0.4 is 0 Å². The van der Waals surface area contributed by atoms with Gasteiger partial charge < -0.3 is 4.90 Å². The Morgan fingerprint density at radius 1 is 0.655 bits per heavy atom. The second kappa shape index (κ2) is 7.30. The summed E-state index contributed by atoms with van der Waals surface area (Å²) in [5.74, 6) is 0.285. The van der Waals surface area contributed by atoms with Gasteiger partial charge >= 0.3 is 0 Å². The smallest absolute Gasteiger partial charge is 0.254 e. The lowest BCUT2D eigenvalue weighted by molar-refractivity contribution is 0.0766. The van der Waals surface area contributed by atoms with Crippen molar-refractivity contribution >= 4 is 11.7 Å². The van der Waals surface area contributed by atoms with Gasteiger partial charge in [0, 0.05) is 37.3 Å². The second-order valence-corrected chi connectivity index (χ2v) is 7.86. The lowest BCUT2D eigenvalue weighted by Gasteiger charge is -2.28. The molecule has 0 bridgehead atoms. The largest absolute Gasteiger partial charge is 0.330 e. The molecule has 1 amide bonds. The Hall–Kier alpha value is -3.24. The first-order chi connectivity index (χ1) is 14.2. The zero-order chi connectivity index (χ0) is 19.8. The molecule has 0 saturated heterocycles. The minimum Gasteiger partial charge on any atom is -0.330 e. The van der Waals surface area contributed by atoms with Gasteiger partial charge in [-0.2, -0.15) is 0 Å². The van der Waals surface area contributed by atoms with E-state index in [2.05, 4.69) is 23.1 Å². The average Bonchev–Trinajstić information content (AvgIpc) is 3.04. The van der Waals surface area contributed by atoms with E-state index in [0.717, 1.165) is 40.9 Å². The van der Waals surface area contributed by atoms with Gasteiger partial charge in [-0.05, 0) is 28.3 Å². The summed E-state index contributed by atoms with van der Waals surface area (Å²) in [4.78, 5) is 29.2. The van der Waals surface area contributed by atoms with Crippen molar-refractivity contribution in [1.29, 1.82) is 0 Å². The molecule has 0 spiro atoms. The van der Waals surface area contributed by atoms with E-state index in [1.54, 1.807) is 0 Å². The lowest BCUT2D eigenvalue weighted by atomic mass is 9.98. The standard InChI is InChI=1S/C25H22N2O2/c28-24-17-26(15-20-8-1-3-10-22(20)24)13-18-6-5-7-19(12-18)14-27-16-21-9-2-4-11-23(21)25(27)29/h1-12H,13-17H2. The van der Waals surface area contributed by atoms with E-state index in [1.807, 2.05) is 59.5 Å². The molecule has 0 aliphatic carbocycles. The Morgan fingerprint density at radius 3 is 2.07 bits per heavy atom. The van der Waals surface area contributed by atoms with Crippen LogP contribution in [0, 0.1) is 0 Å². The van der Waals surface area contributed by atoms with Crippen molar-refractivity contribution < 1.29 is 9.59 Å². The third-order valence-electron chi connectivity index (χ3n) is 5.75. The van der Waals surface area contributed by atoms with Crippen molar-refractivity contribution in [3.8, 4) is 0 Å². The van der Waals surface area contributed by atoms with E-state index in [-0.39, 0.29) is 11.7 Å². The Morgan fingerprint density at radius 2 is 1.31 bits per heavy atom. The number of fused-ring (bicyclic) bond motifs is 2. The van der Waals surface area contributed by atoms with Crippen molar-refractivity contribution in [2.45, 2.75) is 26.2 Å². The van der Waals surface area contributed by atoms with Gasteiger partial charge in [0.1, 0.15) is 0 Å². The van der Waals surface area contributed by atoms with Crippen LogP contribution in [-0.2, 0) is 26.2 Å². The molecular formula is C25H22N2O2. The SMILES string of the molecule is O=C1CN(Cc2cccc(CN3Cc4ccccc4C3=O)c2)Cc2ccccc21. The number of carbonyl (C=O) groups excluding carboxylic acids is 2. The molecule has 0 saturated carbocycles. The number of hydrogen-bond donors (Lipinski definition) is 0. The summed E-state index contributed by atoms with van der Waals surface area (Å²) in [6.07, 6.45) is 0. The zero-order valence-electron chi connectivity index (χ0n) is 16.2. The molecule has 0 unspecified atom stereocenters. The van der Waals surface area contributed by atoms with Crippen molar-refractivity contribution in [3.63, 3.8) is 0 Å². The Balaban J connectivity index is 1.29. The summed E-state index contributed by atoms with van der Waals surface area (Å²) >= 11 is 0. The molecule has 4 nitrogen and oxygen atoms in total. The van der Waals surface area contributed by atoms with Crippen molar-refractivity contribution in [2.75, 3.05) is 6.54 Å². The molecule has 5 rings (SSSR count). The molecule has 4 heteroatoms. The molecular weight excluding hydrogens is 360 g/mol. The number of rotatable bonds is 4. The number of amides is 1. The van der Waals surface area contributed by atoms with Crippen LogP contribution in [0.3, 0.4) is 0 Å². The highest BCUT2D eigenvalue weighted by Gasteiger charge is 2.27. The third kappa shape index (κ3) is 3.47. The van der Waals surface area contributed by atoms with E-state index in [1.165, 1.54) is 5.56 Å². The Labute approximate surface area is 170 Å². The highest BCUT2D eigenvalue weighted by Crippen LogP contribution is 2.25. The van der Waals surface area contributed by atoms with Crippen LogP contribution in [-0.4, -0.2) is 28.0 Å². The van der Waals surface area contributed by atoms with Crippen LogP contribution in [0.5, 0.6) is 0 Å². The fourth-order valence-corrected chi connectivity index (χ4v) is 4.37. The molecule has 0 fully saturated rings. The van der Waals surface area contributed by atoms with Crippen LogP contribution in [0.4, 0.5) is 0 Å². The van der Waals surface area contributed by atoms with Gasteiger partial charge in [0.2, 0.25) is 0 Å². The minimum atomic E-state index is 0.101. The molecule has 0 aromatic heterocycles. The monoisotopic (exact) mass is 382 g/mol. The fourth-order valence-electron chi connectivity index (χ4n) is 4.37. The van der Waals surface area contributed by atoms with Crippen molar-refractivity contribution in [3.05, 3.63) is 106 Å². The maximum atomic E-state index is 12.6. The number of benzene rings is 3. The number of Topliss-reactive ketones (excluding diaryl/α,β-unsaturated/α-hetero) is 1. The van der Waals surface area contributed by atoms with Crippen LogP contribution in [0.2, 0.25) is 0 Å². The molecule has 0 radical (unpaired) electrons. The van der Waals surface area contributed by atoms with Crippen molar-refractivity contribution in [1.82, 2.24) is 9.80 Å². The van der Waals surface area contributed by atoms with Crippen molar-refractivity contribution in [2.24, 2.45) is 0 Å². The third-order valence-corrected chi connectivity index (χ3v) is 5.75. The van der Waals surface area contributed by atoms with Gasteiger partial charge in [0.05, 0.1) is 6.54 Å².